The molecule has 0 fully saturated rings. The normalized spacial score (nSPS) is 13.3. The monoisotopic (exact) mass is 757 g/mol. The van der Waals surface area contributed by atoms with Crippen LogP contribution in [-0.2, 0) is 5.41 Å². The van der Waals surface area contributed by atoms with E-state index in [0.29, 0.717) is 29.0 Å². The fourth-order valence-electron chi connectivity index (χ4n) is 9.17. The predicted octanol–water partition coefficient (Wildman–Crippen LogP) is 14.2. The van der Waals surface area contributed by atoms with Crippen LogP contribution in [0, 0.1) is 0 Å². The van der Waals surface area contributed by atoms with Crippen molar-refractivity contribution < 1.29 is 9.47 Å². The molecule has 12 rings (SSSR count). The smallest absolute Gasteiger partial charge is 0.170 e. The number of aromatic nitrogens is 3. The highest BCUT2D eigenvalue weighted by atomic mass is 16.6. The maximum Gasteiger partial charge on any atom is 0.170 e. The molecule has 59 heavy (non-hydrogen) atoms. The summed E-state index contributed by atoms with van der Waals surface area (Å²) in [6, 6.07) is 61.4. The molecule has 2 aliphatic rings. The highest BCUT2D eigenvalue weighted by Crippen LogP contribution is 2.55. The molecule has 0 saturated heterocycles. The van der Waals surface area contributed by atoms with Gasteiger partial charge in [-0.05, 0) is 96.0 Å². The highest BCUT2D eigenvalue weighted by Gasteiger charge is 2.37. The number of benzene rings is 9. The van der Waals surface area contributed by atoms with Crippen molar-refractivity contribution in [2.75, 3.05) is 0 Å². The first-order valence-corrected chi connectivity index (χ1v) is 20.0. The number of fused-ring (bicyclic) bond motifs is 11. The largest absolute Gasteiger partial charge is 0.449 e. The van der Waals surface area contributed by atoms with Gasteiger partial charge in [-0.1, -0.05) is 159 Å². The lowest BCUT2D eigenvalue weighted by molar-refractivity contribution is 0.359. The summed E-state index contributed by atoms with van der Waals surface area (Å²) in [7, 11) is 0. The Morgan fingerprint density at radius 2 is 0.814 bits per heavy atom. The van der Waals surface area contributed by atoms with Crippen LogP contribution in [0.15, 0.2) is 176 Å². The van der Waals surface area contributed by atoms with Crippen molar-refractivity contribution in [3.8, 4) is 79.4 Å². The first kappa shape index (κ1) is 33.5. The molecule has 5 heteroatoms. The van der Waals surface area contributed by atoms with E-state index in [1.54, 1.807) is 0 Å². The molecule has 1 aliphatic carbocycles. The summed E-state index contributed by atoms with van der Waals surface area (Å²) in [5.41, 5.74) is 9.73. The quantitative estimate of drug-likeness (QED) is 0.167. The molecule has 2 heterocycles. The molecule has 0 spiro atoms. The van der Waals surface area contributed by atoms with Gasteiger partial charge in [0.05, 0.1) is 0 Å². The molecule has 0 unspecified atom stereocenters. The summed E-state index contributed by atoms with van der Waals surface area (Å²) >= 11 is 0. The van der Waals surface area contributed by atoms with Crippen LogP contribution in [0.25, 0.3) is 88.7 Å². The summed E-state index contributed by atoms with van der Waals surface area (Å²) in [6.45, 7) is 4.55. The zero-order chi connectivity index (χ0) is 39.2. The minimum absolute atomic E-state index is 0.130. The van der Waals surface area contributed by atoms with Gasteiger partial charge in [-0.3, -0.25) is 0 Å². The van der Waals surface area contributed by atoms with E-state index >= 15 is 0 Å². The Morgan fingerprint density at radius 3 is 1.53 bits per heavy atom. The van der Waals surface area contributed by atoms with Crippen molar-refractivity contribution in [1.82, 2.24) is 15.0 Å². The number of hydrogen-bond acceptors (Lipinski definition) is 5. The molecular weight excluding hydrogens is 723 g/mol. The molecule has 0 saturated carbocycles. The topological polar surface area (TPSA) is 57.1 Å². The van der Waals surface area contributed by atoms with Gasteiger partial charge in [0.1, 0.15) is 0 Å². The van der Waals surface area contributed by atoms with Gasteiger partial charge in [-0.15, -0.1) is 0 Å². The third kappa shape index (κ3) is 5.28. The second-order valence-electron chi connectivity index (χ2n) is 16.0. The maximum absolute atomic E-state index is 6.58. The third-order valence-corrected chi connectivity index (χ3v) is 12.2. The Hall–Kier alpha value is -7.63. The second kappa shape index (κ2) is 12.7. The van der Waals surface area contributed by atoms with Crippen molar-refractivity contribution in [2.24, 2.45) is 0 Å². The Kier molecular flexibility index (Phi) is 7.20. The number of ether oxygens (including phenoxy) is 2. The summed E-state index contributed by atoms with van der Waals surface area (Å²) < 4.78 is 13.0. The van der Waals surface area contributed by atoms with E-state index in [9.17, 15) is 0 Å². The summed E-state index contributed by atoms with van der Waals surface area (Å²) in [4.78, 5) is 15.2. The van der Waals surface area contributed by atoms with E-state index in [-0.39, 0.29) is 5.41 Å². The van der Waals surface area contributed by atoms with E-state index in [0.717, 1.165) is 39.3 Å². The lowest BCUT2D eigenvalue weighted by atomic mass is 9.82. The van der Waals surface area contributed by atoms with Gasteiger partial charge in [-0.25, -0.2) is 15.0 Å². The van der Waals surface area contributed by atoms with Crippen molar-refractivity contribution >= 4 is 32.3 Å². The summed E-state index contributed by atoms with van der Waals surface area (Å²) in [5.74, 6) is 4.73. The Labute approximate surface area is 341 Å². The van der Waals surface area contributed by atoms with Gasteiger partial charge < -0.3 is 9.47 Å². The van der Waals surface area contributed by atoms with Gasteiger partial charge in [0.25, 0.3) is 0 Å². The van der Waals surface area contributed by atoms with Gasteiger partial charge in [0, 0.05) is 22.1 Å². The molecule has 5 nitrogen and oxygen atoms in total. The average Bonchev–Trinajstić information content (AvgIpc) is 3.52. The predicted molar refractivity (Wildman–Crippen MR) is 238 cm³/mol. The Morgan fingerprint density at radius 1 is 0.322 bits per heavy atom. The second-order valence-corrected chi connectivity index (χ2v) is 16.0. The van der Waals surface area contributed by atoms with Gasteiger partial charge in [-0.2, -0.15) is 0 Å². The fraction of sp³-hybridized carbons (Fsp3) is 0.0556. The zero-order valence-electron chi connectivity index (χ0n) is 32.4. The minimum Gasteiger partial charge on any atom is -0.449 e. The number of nitrogens with zero attached hydrogens (tertiary/aromatic N) is 3. The van der Waals surface area contributed by atoms with Crippen LogP contribution in [0.2, 0.25) is 0 Å². The summed E-state index contributed by atoms with van der Waals surface area (Å²) in [5, 5.41) is 7.30. The number of hydrogen-bond donors (Lipinski definition) is 0. The first-order valence-electron chi connectivity index (χ1n) is 20.0. The Balaban J connectivity index is 0.903. The molecular formula is C54H35N3O2. The molecule has 0 N–H and O–H groups in total. The van der Waals surface area contributed by atoms with Gasteiger partial charge in [0.15, 0.2) is 40.5 Å². The molecule has 0 amide bonds. The van der Waals surface area contributed by atoms with Crippen molar-refractivity contribution in [2.45, 2.75) is 19.3 Å². The van der Waals surface area contributed by atoms with Crippen molar-refractivity contribution in [3.63, 3.8) is 0 Å². The molecule has 1 aromatic heterocycles. The fourth-order valence-corrected chi connectivity index (χ4v) is 9.17. The van der Waals surface area contributed by atoms with Gasteiger partial charge in [0.2, 0.25) is 0 Å². The van der Waals surface area contributed by atoms with Crippen LogP contribution in [0.3, 0.4) is 0 Å². The van der Waals surface area contributed by atoms with E-state index in [2.05, 4.69) is 153 Å². The lowest BCUT2D eigenvalue weighted by Crippen LogP contribution is -2.15. The van der Waals surface area contributed by atoms with E-state index < -0.39 is 0 Å². The van der Waals surface area contributed by atoms with E-state index in [1.807, 2.05) is 36.4 Å². The van der Waals surface area contributed by atoms with E-state index in [1.165, 1.54) is 54.6 Å². The van der Waals surface area contributed by atoms with E-state index in [4.69, 9.17) is 24.4 Å². The van der Waals surface area contributed by atoms with Crippen molar-refractivity contribution in [1.29, 1.82) is 0 Å². The third-order valence-electron chi connectivity index (χ3n) is 12.2. The van der Waals surface area contributed by atoms with Crippen molar-refractivity contribution in [3.05, 3.63) is 187 Å². The first-order chi connectivity index (χ1) is 29.0. The average molecular weight is 758 g/mol. The van der Waals surface area contributed by atoms with Gasteiger partial charge >= 0.3 is 0 Å². The summed E-state index contributed by atoms with van der Waals surface area (Å²) in [6.07, 6.45) is 0. The highest BCUT2D eigenvalue weighted by molar-refractivity contribution is 6.25. The molecule has 10 aromatic rings. The van der Waals surface area contributed by atoms with Crippen LogP contribution in [0.1, 0.15) is 25.0 Å². The molecule has 1 aliphatic heterocycles. The zero-order valence-corrected chi connectivity index (χ0v) is 32.4. The van der Waals surface area contributed by atoms with Crippen LogP contribution in [0.4, 0.5) is 0 Å². The molecule has 0 atom stereocenters. The van der Waals surface area contributed by atoms with Crippen LogP contribution in [0.5, 0.6) is 23.0 Å². The molecule has 9 aromatic carbocycles. The molecule has 0 bridgehead atoms. The lowest BCUT2D eigenvalue weighted by Gasteiger charge is -2.25. The Bertz CT molecular complexity index is 3320. The van der Waals surface area contributed by atoms with Crippen LogP contribution >= 0.6 is 0 Å². The van der Waals surface area contributed by atoms with Crippen LogP contribution in [-0.4, -0.2) is 15.0 Å². The maximum atomic E-state index is 6.58. The number of rotatable bonds is 4. The van der Waals surface area contributed by atoms with Crippen LogP contribution < -0.4 is 9.47 Å². The standard InChI is InChI=1S/C54H35N3O2/c1-54(2)45-19-11-10-18-42(45)44-30-49-50(31-46(44)54)59-48-29-35(25-27-47(48)58-49)32-20-22-34(23-21-32)52-55-51(33-12-4-3-5-13-33)56-53(57-52)36-24-26-41-39-16-7-6-14-37(39)38-15-8-9-17-40(38)43(41)28-36/h3-31H,1-2H3. The molecule has 278 valence electrons. The minimum atomic E-state index is -0.130. The molecule has 0 radical (unpaired) electrons. The SMILES string of the molecule is CC1(C)c2ccccc2-c2cc3c(cc21)Oc1cc(-c2ccc(-c4nc(-c5ccccc5)nc(-c5ccc6c7ccccc7c7ccccc7c6c5)n4)cc2)ccc1O3.